The molecule has 0 aromatic heterocycles. The molecule has 1 unspecified atom stereocenters. The van der Waals surface area contributed by atoms with Crippen LogP contribution in [0.15, 0.2) is 30.3 Å². The lowest BCUT2D eigenvalue weighted by molar-refractivity contribution is -0.148. The van der Waals surface area contributed by atoms with Crippen LogP contribution in [0.4, 0.5) is 0 Å². The van der Waals surface area contributed by atoms with Crippen molar-refractivity contribution in [3.63, 3.8) is 0 Å². The highest BCUT2D eigenvalue weighted by molar-refractivity contribution is 5.92. The Balaban J connectivity index is 2.29. The largest absolute Gasteiger partial charge is 0.480 e. The average Bonchev–Trinajstić information content (AvgIpc) is 3.62. The van der Waals surface area contributed by atoms with Gasteiger partial charge in [-0.2, -0.15) is 0 Å². The van der Waals surface area contributed by atoms with Crippen LogP contribution in [-0.4, -0.2) is 140 Å². The molecule has 0 bridgehead atoms. The van der Waals surface area contributed by atoms with Crippen LogP contribution >= 0.6 is 0 Å². The van der Waals surface area contributed by atoms with Crippen molar-refractivity contribution < 1.29 is 38.6 Å². The number of carboxylic acids is 1. The molecule has 0 saturated carbocycles. The molecule has 1 saturated heterocycles. The SMILES string of the molecule is CC[C@H](C)[C@@H]([C@@H](CC(=O)N1CCC[C@H]1[C@H](OC)[C@@H](C)C(=O)N[C@@H](Cc1ccccc1)C(=O)O)OC)N(C)C(=O)[C@@H](NC(=O)C(C)(C)N(C)C)C(C)CN. The number of likely N-dealkylation sites (N-methyl/N-ethyl adjacent to an activating group) is 2. The zero-order valence-corrected chi connectivity index (χ0v) is 33.8. The van der Waals surface area contributed by atoms with Gasteiger partial charge < -0.3 is 40.7 Å². The molecule has 2 rings (SSSR count). The molecule has 0 aliphatic carbocycles. The molecule has 0 spiro atoms. The number of benzene rings is 1. The van der Waals surface area contributed by atoms with Gasteiger partial charge in [0.1, 0.15) is 12.1 Å². The smallest absolute Gasteiger partial charge is 0.326 e. The minimum atomic E-state index is -1.14. The Labute approximate surface area is 316 Å². The number of ether oxygens (including phenoxy) is 2. The number of rotatable bonds is 21. The maximum absolute atomic E-state index is 14.2. The van der Waals surface area contributed by atoms with Gasteiger partial charge in [0.15, 0.2) is 0 Å². The summed E-state index contributed by atoms with van der Waals surface area (Å²) >= 11 is 0. The quantitative estimate of drug-likeness (QED) is 0.145. The lowest BCUT2D eigenvalue weighted by Gasteiger charge is -2.41. The Hall–Kier alpha value is -3.59. The first-order valence-electron chi connectivity index (χ1n) is 18.7. The Bertz CT molecular complexity index is 1360. The van der Waals surface area contributed by atoms with Gasteiger partial charge in [-0.25, -0.2) is 4.79 Å². The van der Waals surface area contributed by atoms with Crippen LogP contribution in [0.25, 0.3) is 0 Å². The van der Waals surface area contributed by atoms with E-state index in [1.807, 2.05) is 51.1 Å². The summed E-state index contributed by atoms with van der Waals surface area (Å²) in [6, 6.07) is 6.09. The van der Waals surface area contributed by atoms with Crippen LogP contribution < -0.4 is 16.4 Å². The highest BCUT2D eigenvalue weighted by atomic mass is 16.5. The molecule has 1 aliphatic heterocycles. The summed E-state index contributed by atoms with van der Waals surface area (Å²) in [4.78, 5) is 72.4. The topological polar surface area (TPSA) is 184 Å². The molecular weight excluding hydrogens is 680 g/mol. The van der Waals surface area contributed by atoms with E-state index in [1.165, 1.54) is 14.2 Å². The number of carboxylic acid groups (broad SMARTS) is 1. The number of hydrogen-bond acceptors (Lipinski definition) is 9. The van der Waals surface area contributed by atoms with E-state index in [-0.39, 0.29) is 48.9 Å². The number of carbonyl (C=O) groups is 5. The average molecular weight is 747 g/mol. The minimum absolute atomic E-state index is 0.0358. The number of nitrogens with one attached hydrogen (secondary N) is 2. The van der Waals surface area contributed by atoms with Crippen LogP contribution in [0.2, 0.25) is 0 Å². The first-order chi connectivity index (χ1) is 24.9. The summed E-state index contributed by atoms with van der Waals surface area (Å²) < 4.78 is 11.8. The van der Waals surface area contributed by atoms with Crippen LogP contribution in [0.5, 0.6) is 0 Å². The van der Waals surface area contributed by atoms with Gasteiger partial charge in [-0.05, 0) is 64.7 Å². The fourth-order valence-electron chi connectivity index (χ4n) is 6.98. The van der Waals surface area contributed by atoms with E-state index in [1.54, 1.807) is 56.6 Å². The second kappa shape index (κ2) is 20.8. The number of nitrogens with two attached hydrogens (primary N) is 1. The van der Waals surface area contributed by atoms with Crippen molar-refractivity contribution in [3.05, 3.63) is 35.9 Å². The summed E-state index contributed by atoms with van der Waals surface area (Å²) in [5, 5.41) is 15.5. The predicted octanol–water partition coefficient (Wildman–Crippen LogP) is 2.14. The number of nitrogens with zero attached hydrogens (tertiary/aromatic N) is 3. The first kappa shape index (κ1) is 45.6. The molecule has 1 fully saturated rings. The molecule has 1 aliphatic rings. The van der Waals surface area contributed by atoms with Crippen molar-refractivity contribution in [1.82, 2.24) is 25.3 Å². The number of likely N-dealkylation sites (tertiary alicyclic amines) is 1. The summed E-state index contributed by atoms with van der Waals surface area (Å²) in [6.07, 6.45) is 0.692. The summed E-state index contributed by atoms with van der Waals surface area (Å²) in [5.74, 6) is -3.67. The Morgan fingerprint density at radius 2 is 1.62 bits per heavy atom. The van der Waals surface area contributed by atoms with Gasteiger partial charge in [0, 0.05) is 34.2 Å². The zero-order valence-electron chi connectivity index (χ0n) is 33.8. The molecule has 300 valence electrons. The van der Waals surface area contributed by atoms with Crippen LogP contribution in [-0.2, 0) is 39.9 Å². The molecule has 0 radical (unpaired) electrons. The molecule has 1 heterocycles. The van der Waals surface area contributed by atoms with E-state index in [9.17, 15) is 29.1 Å². The highest BCUT2D eigenvalue weighted by Gasteiger charge is 2.44. The van der Waals surface area contributed by atoms with Crippen molar-refractivity contribution in [1.29, 1.82) is 0 Å². The Morgan fingerprint density at radius 3 is 2.13 bits per heavy atom. The van der Waals surface area contributed by atoms with Crippen molar-refractivity contribution in [2.75, 3.05) is 48.5 Å². The number of aliphatic carboxylic acids is 1. The van der Waals surface area contributed by atoms with Crippen molar-refractivity contribution >= 4 is 29.6 Å². The summed E-state index contributed by atoms with van der Waals surface area (Å²) in [7, 11) is 8.28. The van der Waals surface area contributed by atoms with Gasteiger partial charge in [-0.15, -0.1) is 0 Å². The van der Waals surface area contributed by atoms with Gasteiger partial charge in [0.2, 0.25) is 23.6 Å². The van der Waals surface area contributed by atoms with Gasteiger partial charge in [0.05, 0.1) is 42.2 Å². The highest BCUT2D eigenvalue weighted by Crippen LogP contribution is 2.30. The fraction of sp³-hybridized carbons (Fsp3) is 0.718. The molecule has 4 amide bonds. The normalized spacial score (nSPS) is 19.3. The standard InChI is InChI=1S/C39H66N6O8/c1-12-24(2)33(44(9)36(48)32(25(3)23-40)42-38(51)39(5,6)43(7)8)30(52-10)22-31(46)45-20-16-19-29(45)34(53-11)26(4)35(47)41-28(37(49)50)21-27-17-14-13-15-18-27/h13-15,17-18,24-26,28-30,32-34H,12,16,19-23,40H2,1-11H3,(H,41,47)(H,42,51)(H,49,50)/t24-,25?,26+,28-,29-,30+,32-,33-,34+/m0/s1. The van der Waals surface area contributed by atoms with Crippen LogP contribution in [0, 0.1) is 17.8 Å². The van der Waals surface area contributed by atoms with Crippen molar-refractivity contribution in [2.24, 2.45) is 23.5 Å². The third-order valence-corrected chi connectivity index (χ3v) is 11.3. The summed E-state index contributed by atoms with van der Waals surface area (Å²) in [6.45, 7) is 11.7. The maximum Gasteiger partial charge on any atom is 0.326 e. The lowest BCUT2D eigenvalue weighted by atomic mass is 9.89. The molecule has 14 nitrogen and oxygen atoms in total. The molecule has 1 aromatic rings. The number of methoxy groups -OCH3 is 2. The Kier molecular flexibility index (Phi) is 17.8. The van der Waals surface area contributed by atoms with Gasteiger partial charge >= 0.3 is 5.97 Å². The number of carbonyl (C=O) groups excluding carboxylic acids is 4. The van der Waals surface area contributed by atoms with E-state index >= 15 is 0 Å². The molecular formula is C39H66N6O8. The lowest BCUT2D eigenvalue weighted by Crippen LogP contribution is -2.62. The predicted molar refractivity (Wildman–Crippen MR) is 204 cm³/mol. The van der Waals surface area contributed by atoms with E-state index < -0.39 is 59.7 Å². The minimum Gasteiger partial charge on any atom is -0.480 e. The molecule has 14 heteroatoms. The van der Waals surface area contributed by atoms with Gasteiger partial charge in [0.25, 0.3) is 0 Å². The molecule has 9 atom stereocenters. The molecule has 1 aromatic carbocycles. The van der Waals surface area contributed by atoms with E-state index in [2.05, 4.69) is 10.6 Å². The molecule has 5 N–H and O–H groups in total. The second-order valence-corrected chi connectivity index (χ2v) is 15.3. The third kappa shape index (κ3) is 11.7. The van der Waals surface area contributed by atoms with Crippen molar-refractivity contribution in [3.8, 4) is 0 Å². The monoisotopic (exact) mass is 746 g/mol. The third-order valence-electron chi connectivity index (χ3n) is 11.3. The van der Waals surface area contributed by atoms with E-state index in [4.69, 9.17) is 15.2 Å². The zero-order chi connectivity index (χ0) is 40.2. The van der Waals surface area contributed by atoms with Crippen LogP contribution in [0.3, 0.4) is 0 Å². The second-order valence-electron chi connectivity index (χ2n) is 15.3. The summed E-state index contributed by atoms with van der Waals surface area (Å²) in [5.41, 5.74) is 5.93. The van der Waals surface area contributed by atoms with E-state index in [0.717, 1.165) is 5.56 Å². The van der Waals surface area contributed by atoms with Crippen LogP contribution in [0.1, 0.15) is 72.8 Å². The first-order valence-corrected chi connectivity index (χ1v) is 18.7. The van der Waals surface area contributed by atoms with E-state index in [0.29, 0.717) is 25.8 Å². The molecule has 53 heavy (non-hydrogen) atoms. The number of hydrogen-bond donors (Lipinski definition) is 4. The maximum atomic E-state index is 14.2. The number of amides is 4. The fourth-order valence-corrected chi connectivity index (χ4v) is 6.98. The van der Waals surface area contributed by atoms with Crippen molar-refractivity contribution in [2.45, 2.75) is 116 Å². The van der Waals surface area contributed by atoms with Gasteiger partial charge in [-0.1, -0.05) is 64.4 Å². The van der Waals surface area contributed by atoms with Gasteiger partial charge in [-0.3, -0.25) is 24.1 Å². The Morgan fingerprint density at radius 1 is 1.00 bits per heavy atom.